The average Bonchev–Trinajstić information content (AvgIpc) is 2.50. The molecule has 0 bridgehead atoms. The Labute approximate surface area is 141 Å². The van der Waals surface area contributed by atoms with Crippen molar-refractivity contribution in [2.24, 2.45) is 5.73 Å². The summed E-state index contributed by atoms with van der Waals surface area (Å²) in [4.78, 5) is 34.2. The van der Waals surface area contributed by atoms with E-state index in [1.807, 2.05) is 33.8 Å². The van der Waals surface area contributed by atoms with Crippen LogP contribution in [-0.2, 0) is 14.3 Å². The highest BCUT2D eigenvalue weighted by molar-refractivity contribution is 5.95. The Balaban J connectivity index is 2.93. The van der Waals surface area contributed by atoms with E-state index in [-0.39, 0.29) is 29.7 Å². The highest BCUT2D eigenvalue weighted by Crippen LogP contribution is 2.33. The zero-order valence-corrected chi connectivity index (χ0v) is 14.4. The number of hydrogen-bond acceptors (Lipinski definition) is 5. The van der Waals surface area contributed by atoms with Crippen molar-refractivity contribution in [3.8, 4) is 5.75 Å². The number of primary amides is 1. The number of hydrogen-bond donors (Lipinski definition) is 3. The maximum absolute atomic E-state index is 12.2. The zero-order valence-electron chi connectivity index (χ0n) is 14.4. The molecule has 132 valence electrons. The largest absolute Gasteiger partial charge is 0.507 e. The SMILES string of the molecule is CC(C)c1cc(C(=O)OCC(=O)NCC(N)=O)c(O)c(C(C)C)c1. The van der Waals surface area contributed by atoms with Crippen molar-refractivity contribution in [2.45, 2.75) is 39.5 Å². The molecule has 0 aliphatic carbocycles. The van der Waals surface area contributed by atoms with E-state index < -0.39 is 24.4 Å². The summed E-state index contributed by atoms with van der Waals surface area (Å²) in [6.07, 6.45) is 0. The first-order chi connectivity index (χ1) is 11.1. The molecule has 0 radical (unpaired) electrons. The van der Waals surface area contributed by atoms with Crippen LogP contribution >= 0.6 is 0 Å². The predicted molar refractivity (Wildman–Crippen MR) is 88.8 cm³/mol. The van der Waals surface area contributed by atoms with Crippen LogP contribution in [-0.4, -0.2) is 36.0 Å². The van der Waals surface area contributed by atoms with E-state index in [9.17, 15) is 19.5 Å². The number of ether oxygens (including phenoxy) is 1. The number of rotatable bonds is 7. The van der Waals surface area contributed by atoms with Gasteiger partial charge in [0.2, 0.25) is 5.91 Å². The van der Waals surface area contributed by atoms with Gasteiger partial charge in [0.25, 0.3) is 5.91 Å². The molecule has 0 aliphatic rings. The predicted octanol–water partition coefficient (Wildman–Crippen LogP) is 1.40. The second kappa shape index (κ2) is 8.33. The molecule has 0 atom stereocenters. The molecule has 0 fully saturated rings. The van der Waals surface area contributed by atoms with Crippen molar-refractivity contribution < 1.29 is 24.2 Å². The Kier molecular flexibility index (Phi) is 6.76. The van der Waals surface area contributed by atoms with Crippen LogP contribution in [0.1, 0.15) is 61.0 Å². The van der Waals surface area contributed by atoms with Crippen LogP contribution in [0.5, 0.6) is 5.75 Å². The fourth-order valence-electron chi connectivity index (χ4n) is 2.05. The minimum atomic E-state index is -0.800. The highest BCUT2D eigenvalue weighted by atomic mass is 16.5. The molecule has 4 N–H and O–H groups in total. The number of phenolic OH excluding ortho intramolecular Hbond substituents is 1. The summed E-state index contributed by atoms with van der Waals surface area (Å²) in [6.45, 7) is 6.87. The van der Waals surface area contributed by atoms with Gasteiger partial charge in [-0.05, 0) is 29.0 Å². The average molecular weight is 336 g/mol. The Bertz CT molecular complexity index is 638. The lowest BCUT2D eigenvalue weighted by Crippen LogP contribution is -2.36. The van der Waals surface area contributed by atoms with Crippen LogP contribution in [0.25, 0.3) is 0 Å². The summed E-state index contributed by atoms with van der Waals surface area (Å²) >= 11 is 0. The molecule has 7 heteroatoms. The molecule has 0 heterocycles. The second-order valence-corrected chi connectivity index (χ2v) is 6.13. The maximum atomic E-state index is 12.2. The van der Waals surface area contributed by atoms with Gasteiger partial charge < -0.3 is 20.9 Å². The van der Waals surface area contributed by atoms with Crippen molar-refractivity contribution in [1.82, 2.24) is 5.32 Å². The van der Waals surface area contributed by atoms with E-state index in [0.717, 1.165) is 5.56 Å². The van der Waals surface area contributed by atoms with Crippen LogP contribution < -0.4 is 11.1 Å². The minimum Gasteiger partial charge on any atom is -0.507 e. The maximum Gasteiger partial charge on any atom is 0.342 e. The van der Waals surface area contributed by atoms with Crippen molar-refractivity contribution >= 4 is 17.8 Å². The first kappa shape index (κ1) is 19.5. The molecule has 1 aromatic rings. The Morgan fingerprint density at radius 2 is 1.79 bits per heavy atom. The lowest BCUT2D eigenvalue weighted by atomic mass is 9.92. The fraction of sp³-hybridized carbons (Fsp3) is 0.471. The van der Waals surface area contributed by atoms with Crippen molar-refractivity contribution in [1.29, 1.82) is 0 Å². The van der Waals surface area contributed by atoms with Crippen LogP contribution in [0.2, 0.25) is 0 Å². The van der Waals surface area contributed by atoms with Gasteiger partial charge in [0.1, 0.15) is 11.3 Å². The van der Waals surface area contributed by atoms with Gasteiger partial charge in [-0.25, -0.2) is 4.79 Å². The minimum absolute atomic E-state index is 0.0209. The first-order valence-corrected chi connectivity index (χ1v) is 7.72. The van der Waals surface area contributed by atoms with E-state index in [0.29, 0.717) is 5.56 Å². The Morgan fingerprint density at radius 3 is 2.29 bits per heavy atom. The van der Waals surface area contributed by atoms with Gasteiger partial charge in [-0.3, -0.25) is 9.59 Å². The third-order valence-corrected chi connectivity index (χ3v) is 3.46. The number of amides is 2. The lowest BCUT2D eigenvalue weighted by Gasteiger charge is -2.16. The van der Waals surface area contributed by atoms with Crippen LogP contribution in [0, 0.1) is 0 Å². The van der Waals surface area contributed by atoms with Crippen LogP contribution in [0.4, 0.5) is 0 Å². The number of esters is 1. The number of benzene rings is 1. The van der Waals surface area contributed by atoms with E-state index in [1.54, 1.807) is 6.07 Å². The summed E-state index contributed by atoms with van der Waals surface area (Å²) in [5, 5.41) is 12.5. The zero-order chi connectivity index (χ0) is 18.4. The molecule has 1 aromatic carbocycles. The summed E-state index contributed by atoms with van der Waals surface area (Å²) in [5.41, 5.74) is 6.46. The molecule has 0 saturated heterocycles. The van der Waals surface area contributed by atoms with E-state index in [4.69, 9.17) is 10.5 Å². The van der Waals surface area contributed by atoms with E-state index in [1.165, 1.54) is 0 Å². The normalized spacial score (nSPS) is 10.8. The molecular weight excluding hydrogens is 312 g/mol. The van der Waals surface area contributed by atoms with E-state index >= 15 is 0 Å². The molecule has 0 spiro atoms. The highest BCUT2D eigenvalue weighted by Gasteiger charge is 2.21. The van der Waals surface area contributed by atoms with Crippen molar-refractivity contribution in [2.75, 3.05) is 13.2 Å². The van der Waals surface area contributed by atoms with Gasteiger partial charge in [-0.15, -0.1) is 0 Å². The monoisotopic (exact) mass is 336 g/mol. The summed E-state index contributed by atoms with van der Waals surface area (Å²) in [6, 6.07) is 3.43. The number of carbonyl (C=O) groups excluding carboxylic acids is 3. The topological polar surface area (TPSA) is 119 Å². The van der Waals surface area contributed by atoms with Gasteiger partial charge in [0.05, 0.1) is 6.54 Å². The number of aromatic hydroxyl groups is 1. The molecule has 1 rings (SSSR count). The standard InChI is InChI=1S/C17H24N2O5/c1-9(2)11-5-12(10(3)4)16(22)13(6-11)17(23)24-8-15(21)19-7-14(18)20/h5-6,9-10,22H,7-8H2,1-4H3,(H2,18,20)(H,19,21). The van der Waals surface area contributed by atoms with Crippen LogP contribution in [0.3, 0.4) is 0 Å². The van der Waals surface area contributed by atoms with Gasteiger partial charge in [-0.2, -0.15) is 0 Å². The van der Waals surface area contributed by atoms with Crippen molar-refractivity contribution in [3.05, 3.63) is 28.8 Å². The smallest absolute Gasteiger partial charge is 0.342 e. The second-order valence-electron chi connectivity index (χ2n) is 6.13. The van der Waals surface area contributed by atoms with Crippen molar-refractivity contribution in [3.63, 3.8) is 0 Å². The summed E-state index contributed by atoms with van der Waals surface area (Å²) in [7, 11) is 0. The number of nitrogens with one attached hydrogen (secondary N) is 1. The number of phenols is 1. The molecule has 24 heavy (non-hydrogen) atoms. The summed E-state index contributed by atoms with van der Waals surface area (Å²) in [5.74, 6) is -2.10. The molecule has 0 aromatic heterocycles. The molecular formula is C17H24N2O5. The molecule has 7 nitrogen and oxygen atoms in total. The molecule has 0 unspecified atom stereocenters. The van der Waals surface area contributed by atoms with Gasteiger partial charge >= 0.3 is 5.97 Å². The Morgan fingerprint density at radius 1 is 1.17 bits per heavy atom. The first-order valence-electron chi connectivity index (χ1n) is 7.72. The number of carbonyl (C=O) groups is 3. The molecule has 0 saturated carbocycles. The molecule has 2 amide bonds. The quantitative estimate of drug-likeness (QED) is 0.650. The fourth-order valence-corrected chi connectivity index (χ4v) is 2.05. The lowest BCUT2D eigenvalue weighted by molar-refractivity contribution is -0.127. The van der Waals surface area contributed by atoms with E-state index in [2.05, 4.69) is 5.32 Å². The Hall–Kier alpha value is -2.57. The summed E-state index contributed by atoms with van der Waals surface area (Å²) < 4.78 is 4.91. The van der Waals surface area contributed by atoms with Crippen LogP contribution in [0.15, 0.2) is 12.1 Å². The molecule has 0 aliphatic heterocycles. The van der Waals surface area contributed by atoms with Gasteiger partial charge in [-0.1, -0.05) is 33.8 Å². The third kappa shape index (κ3) is 5.26. The third-order valence-electron chi connectivity index (χ3n) is 3.46. The van der Waals surface area contributed by atoms with Gasteiger partial charge in [0.15, 0.2) is 6.61 Å². The van der Waals surface area contributed by atoms with Gasteiger partial charge in [0, 0.05) is 0 Å². The number of nitrogens with two attached hydrogens (primary N) is 1.